The van der Waals surface area contributed by atoms with Crippen molar-refractivity contribution >= 4 is 23.6 Å². The van der Waals surface area contributed by atoms with Gasteiger partial charge in [0.2, 0.25) is 0 Å². The topological polar surface area (TPSA) is 17.1 Å². The van der Waals surface area contributed by atoms with Crippen LogP contribution in [0.4, 0.5) is 0 Å². The molecular formula is C12H28OP3+. The van der Waals surface area contributed by atoms with Crippen LogP contribution in [-0.4, -0.2) is 49.3 Å². The summed E-state index contributed by atoms with van der Waals surface area (Å²) in [5, 5.41) is 0. The van der Waals surface area contributed by atoms with E-state index < -0.39 is 7.80 Å². The highest BCUT2D eigenvalue weighted by Gasteiger charge is 2.18. The average molecular weight is 281 g/mol. The van der Waals surface area contributed by atoms with Gasteiger partial charge in [-0.05, 0) is 24.6 Å². The van der Waals surface area contributed by atoms with Crippen molar-refractivity contribution in [2.75, 3.05) is 49.3 Å². The van der Waals surface area contributed by atoms with Gasteiger partial charge in [0, 0.05) is 12.3 Å². The predicted octanol–water partition coefficient (Wildman–Crippen LogP) is 4.86. The third-order valence-electron chi connectivity index (χ3n) is 3.12. The largest absolute Gasteiger partial charge is 0.339 e. The lowest BCUT2D eigenvalue weighted by Crippen LogP contribution is -1.98. The minimum absolute atomic E-state index is 0.199. The third kappa shape index (κ3) is 8.11. The minimum atomic E-state index is -0.886. The fourth-order valence-corrected chi connectivity index (χ4v) is 8.13. The van der Waals surface area contributed by atoms with Gasteiger partial charge < -0.3 is 0 Å². The van der Waals surface area contributed by atoms with Crippen molar-refractivity contribution in [2.45, 2.75) is 27.7 Å². The van der Waals surface area contributed by atoms with Crippen LogP contribution in [0.1, 0.15) is 27.7 Å². The smallest absolute Gasteiger partial charge is 0.103 e. The van der Waals surface area contributed by atoms with Crippen LogP contribution < -0.4 is 0 Å². The van der Waals surface area contributed by atoms with E-state index in [1.807, 2.05) is 0 Å². The molecule has 0 aliphatic rings. The van der Waals surface area contributed by atoms with Crippen LogP contribution in [0.15, 0.2) is 0 Å². The zero-order valence-corrected chi connectivity index (χ0v) is 14.1. The van der Waals surface area contributed by atoms with E-state index in [0.717, 1.165) is 12.3 Å². The minimum Gasteiger partial charge on any atom is -0.103 e. The van der Waals surface area contributed by atoms with Gasteiger partial charge in [-0.1, -0.05) is 32.3 Å². The second-order valence-corrected chi connectivity index (χ2v) is 11.9. The fraction of sp³-hybridized carbons (Fsp3) is 1.00. The summed E-state index contributed by atoms with van der Waals surface area (Å²) >= 11 is 0. The monoisotopic (exact) mass is 281 g/mol. The van der Waals surface area contributed by atoms with E-state index in [2.05, 4.69) is 27.7 Å². The maximum absolute atomic E-state index is 11.9. The first-order valence-corrected chi connectivity index (χ1v) is 12.0. The second-order valence-electron chi connectivity index (χ2n) is 3.98. The van der Waals surface area contributed by atoms with Crippen LogP contribution in [0.2, 0.25) is 0 Å². The van der Waals surface area contributed by atoms with Crippen molar-refractivity contribution in [3.05, 3.63) is 0 Å². The van der Waals surface area contributed by atoms with E-state index >= 15 is 0 Å². The molecule has 0 saturated heterocycles. The molecule has 0 rings (SSSR count). The van der Waals surface area contributed by atoms with Crippen LogP contribution in [-0.2, 0) is 4.57 Å². The zero-order valence-electron chi connectivity index (χ0n) is 11.4. The van der Waals surface area contributed by atoms with Crippen molar-refractivity contribution in [3.63, 3.8) is 0 Å². The molecule has 0 radical (unpaired) electrons. The summed E-state index contributed by atoms with van der Waals surface area (Å²) in [6, 6.07) is 0. The van der Waals surface area contributed by atoms with Crippen molar-refractivity contribution in [1.82, 2.24) is 0 Å². The van der Waals surface area contributed by atoms with Gasteiger partial charge in [-0.25, -0.2) is 0 Å². The van der Waals surface area contributed by atoms with E-state index in [9.17, 15) is 4.57 Å². The summed E-state index contributed by atoms with van der Waals surface area (Å²) < 4.78 is 11.9. The van der Waals surface area contributed by atoms with Gasteiger partial charge in [0.05, 0.1) is 0 Å². The Kier molecular flexibility index (Phi) is 11.7. The van der Waals surface area contributed by atoms with Gasteiger partial charge in [-0.15, -0.1) is 15.8 Å². The predicted molar refractivity (Wildman–Crippen MR) is 83.1 cm³/mol. The fourth-order valence-electron chi connectivity index (χ4n) is 1.70. The van der Waals surface area contributed by atoms with E-state index in [4.69, 9.17) is 0 Å². The molecule has 0 unspecified atom stereocenters. The summed E-state index contributed by atoms with van der Waals surface area (Å²) in [5.74, 6) is 0. The van der Waals surface area contributed by atoms with E-state index in [-0.39, 0.29) is 15.8 Å². The molecular weight excluding hydrogens is 253 g/mol. The van der Waals surface area contributed by atoms with Gasteiger partial charge in [0.25, 0.3) is 0 Å². The summed E-state index contributed by atoms with van der Waals surface area (Å²) in [5.41, 5.74) is 0. The third-order valence-corrected chi connectivity index (χ3v) is 10.6. The van der Waals surface area contributed by atoms with Crippen molar-refractivity contribution in [2.24, 2.45) is 0 Å². The lowest BCUT2D eigenvalue weighted by atomic mass is 10.9. The first-order chi connectivity index (χ1) is 7.67. The molecule has 0 atom stereocenters. The standard InChI is InChI=1S/C12H28OP3/c1-5-14(6-2)9-11-16(13)12-10-15(7-3)8-4/h5-12H2,1-4H3/q+1. The van der Waals surface area contributed by atoms with E-state index in [1.54, 1.807) is 0 Å². The van der Waals surface area contributed by atoms with Crippen LogP contribution >= 0.6 is 23.6 Å². The lowest BCUT2D eigenvalue weighted by Gasteiger charge is -2.10. The average Bonchev–Trinajstić information content (AvgIpc) is 2.31. The molecule has 0 heterocycles. The van der Waals surface area contributed by atoms with Crippen LogP contribution in [0.3, 0.4) is 0 Å². The zero-order chi connectivity index (χ0) is 12.4. The van der Waals surface area contributed by atoms with Crippen molar-refractivity contribution < 1.29 is 4.57 Å². The second kappa shape index (κ2) is 11.1. The van der Waals surface area contributed by atoms with Gasteiger partial charge in [0.15, 0.2) is 0 Å². The molecule has 0 aliphatic carbocycles. The quantitative estimate of drug-likeness (QED) is 0.523. The van der Waals surface area contributed by atoms with Gasteiger partial charge in [-0.3, -0.25) is 0 Å². The first kappa shape index (κ1) is 17.0. The molecule has 0 aromatic heterocycles. The Morgan fingerprint density at radius 1 is 0.750 bits per heavy atom. The molecule has 4 heteroatoms. The molecule has 0 aromatic carbocycles. The van der Waals surface area contributed by atoms with Crippen LogP contribution in [0.5, 0.6) is 0 Å². The molecule has 0 saturated carbocycles. The summed E-state index contributed by atoms with van der Waals surface area (Å²) in [6.07, 6.45) is 9.73. The van der Waals surface area contributed by atoms with Crippen molar-refractivity contribution in [3.8, 4) is 0 Å². The SMILES string of the molecule is CCP(CC)CC[P+](=O)CCP(CC)CC. The first-order valence-electron chi connectivity index (χ1n) is 6.54. The number of rotatable bonds is 10. The Balaban J connectivity index is 3.65. The van der Waals surface area contributed by atoms with Crippen molar-refractivity contribution in [1.29, 1.82) is 0 Å². The Morgan fingerprint density at radius 3 is 1.31 bits per heavy atom. The maximum atomic E-state index is 11.9. The normalized spacial score (nSPS) is 11.4. The molecule has 0 N–H and O–H groups in total. The molecule has 0 fully saturated rings. The van der Waals surface area contributed by atoms with Crippen LogP contribution in [0.25, 0.3) is 0 Å². The molecule has 96 valence electrons. The Bertz CT molecular complexity index is 159. The summed E-state index contributed by atoms with van der Waals surface area (Å²) in [4.78, 5) is 0. The molecule has 1 nitrogen and oxygen atoms in total. The lowest BCUT2D eigenvalue weighted by molar-refractivity contribution is 0.589. The Hall–Kier alpha value is 0.960. The summed E-state index contributed by atoms with van der Waals surface area (Å²) in [7, 11) is -0.487. The highest BCUT2D eigenvalue weighted by atomic mass is 31.1. The molecule has 0 aliphatic heterocycles. The highest BCUT2D eigenvalue weighted by molar-refractivity contribution is 7.60. The van der Waals surface area contributed by atoms with Gasteiger partial charge >= 0.3 is 7.80 Å². The highest BCUT2D eigenvalue weighted by Crippen LogP contribution is 2.40. The summed E-state index contributed by atoms with van der Waals surface area (Å²) in [6.45, 7) is 9.09. The van der Waals surface area contributed by atoms with Crippen LogP contribution in [0, 0.1) is 0 Å². The van der Waals surface area contributed by atoms with E-state index in [0.29, 0.717) is 0 Å². The van der Waals surface area contributed by atoms with E-state index in [1.165, 1.54) is 37.0 Å². The Labute approximate surface area is 105 Å². The molecule has 0 bridgehead atoms. The molecule has 0 aromatic rings. The Morgan fingerprint density at radius 2 is 1.06 bits per heavy atom. The molecule has 16 heavy (non-hydrogen) atoms. The molecule has 0 spiro atoms. The number of hydrogen-bond acceptors (Lipinski definition) is 1. The maximum Gasteiger partial charge on any atom is 0.339 e. The number of hydrogen-bond donors (Lipinski definition) is 0. The van der Waals surface area contributed by atoms with Gasteiger partial charge in [0.1, 0.15) is 12.3 Å². The molecule has 0 amide bonds. The van der Waals surface area contributed by atoms with Gasteiger partial charge in [-0.2, -0.15) is 0 Å².